The van der Waals surface area contributed by atoms with E-state index in [4.69, 9.17) is 4.52 Å². The fraction of sp³-hybridized carbons (Fsp3) is 0.118. The van der Waals surface area contributed by atoms with Gasteiger partial charge in [0.05, 0.1) is 8.15 Å². The zero-order valence-electron chi connectivity index (χ0n) is 21.8. The summed E-state index contributed by atoms with van der Waals surface area (Å²) < 4.78 is 9.78. The van der Waals surface area contributed by atoms with Crippen LogP contribution in [-0.4, -0.2) is 17.8 Å². The van der Waals surface area contributed by atoms with Gasteiger partial charge in [0, 0.05) is 24.7 Å². The Kier molecular flexibility index (Phi) is 9.13. The lowest BCUT2D eigenvalue weighted by molar-refractivity contribution is 0.154. The van der Waals surface area contributed by atoms with Crippen molar-refractivity contribution in [3.05, 3.63) is 157 Å². The lowest BCUT2D eigenvalue weighted by Gasteiger charge is -2.39. The molecule has 2 atom stereocenters. The Balaban J connectivity index is 1.55. The van der Waals surface area contributed by atoms with Crippen LogP contribution >= 0.6 is 16.2 Å². The molecule has 5 aromatic carbocycles. The van der Waals surface area contributed by atoms with Crippen molar-refractivity contribution in [2.75, 3.05) is 7.05 Å². The summed E-state index contributed by atoms with van der Waals surface area (Å²) in [5.74, 6) is 0. The predicted molar refractivity (Wildman–Crippen MR) is 166 cm³/mol. The number of nitrogens with zero attached hydrogens (tertiary/aromatic N) is 1. The fourth-order valence-electron chi connectivity index (χ4n) is 4.61. The molecule has 0 N–H and O–H groups in total. The summed E-state index contributed by atoms with van der Waals surface area (Å²) in [7, 11) is 0.487. The van der Waals surface area contributed by atoms with Gasteiger partial charge in [-0.1, -0.05) is 152 Å². The minimum absolute atomic E-state index is 0.112. The van der Waals surface area contributed by atoms with Crippen LogP contribution in [0.4, 0.5) is 0 Å². The Bertz CT molecular complexity index is 1290. The predicted octanol–water partition coefficient (Wildman–Crippen LogP) is 7.16. The Labute approximate surface area is 229 Å². The van der Waals surface area contributed by atoms with Gasteiger partial charge in [-0.15, -0.1) is 0 Å². The molecule has 4 heteroatoms. The van der Waals surface area contributed by atoms with Gasteiger partial charge in [0.2, 0.25) is 0 Å². The fourth-order valence-corrected chi connectivity index (χ4v) is 8.98. The molecule has 2 nitrogen and oxygen atoms in total. The van der Waals surface area contributed by atoms with Gasteiger partial charge in [-0.05, 0) is 30.1 Å². The minimum atomic E-state index is -1.02. The van der Waals surface area contributed by atoms with Gasteiger partial charge in [-0.3, -0.25) is 4.67 Å². The van der Waals surface area contributed by atoms with Crippen LogP contribution in [0.25, 0.3) is 0 Å². The zero-order chi connectivity index (χ0) is 26.2. The summed E-state index contributed by atoms with van der Waals surface area (Å²) in [5.41, 5.74) is 1.20. The highest BCUT2D eigenvalue weighted by molar-refractivity contribution is 7.70. The topological polar surface area (TPSA) is 12.5 Å². The Hall–Kier alpha value is -3.12. The summed E-state index contributed by atoms with van der Waals surface area (Å²) >= 11 is 0. The minimum Gasteiger partial charge on any atom is -0.340 e. The number of likely N-dealkylation sites (N-methyl/N-ethyl adjacent to an activating group) is 1. The molecule has 0 radical (unpaired) electrons. The number of rotatable bonds is 10. The van der Waals surface area contributed by atoms with Crippen LogP contribution in [0.5, 0.6) is 0 Å². The average molecular weight is 534 g/mol. The van der Waals surface area contributed by atoms with Crippen LogP contribution < -0.4 is 21.2 Å². The smallest absolute Gasteiger partial charge is 0.103 e. The SMILES string of the molecule is C[C@@H]([C@@H](OP(c1ccccc1)c1ccccc1)c1ccccc1)N(C)P(c1ccccc1)c1ccccc1. The van der Waals surface area contributed by atoms with Crippen molar-refractivity contribution in [2.24, 2.45) is 0 Å². The van der Waals surface area contributed by atoms with E-state index in [1.165, 1.54) is 26.8 Å². The van der Waals surface area contributed by atoms with Crippen molar-refractivity contribution >= 4 is 37.4 Å². The Morgan fingerprint density at radius 3 is 1.24 bits per heavy atom. The molecule has 38 heavy (non-hydrogen) atoms. The maximum atomic E-state index is 7.25. The molecule has 190 valence electrons. The van der Waals surface area contributed by atoms with Crippen LogP contribution in [0, 0.1) is 0 Å². The molecule has 0 amide bonds. The third-order valence-electron chi connectivity index (χ3n) is 6.67. The van der Waals surface area contributed by atoms with Crippen LogP contribution in [0.1, 0.15) is 18.6 Å². The molecule has 0 aliphatic heterocycles. The quantitative estimate of drug-likeness (QED) is 0.177. The third kappa shape index (κ3) is 6.29. The second-order valence-electron chi connectivity index (χ2n) is 9.20. The summed E-state index contributed by atoms with van der Waals surface area (Å²) in [4.78, 5) is 0. The third-order valence-corrected chi connectivity index (χ3v) is 11.2. The van der Waals surface area contributed by atoms with Crippen LogP contribution in [0.3, 0.4) is 0 Å². The standard InChI is InChI=1S/C34H33NOP2/c1-28(35(2)37(30-20-10-4-11-21-30)31-22-12-5-13-23-31)34(29-18-8-3-9-19-29)36-38(32-24-14-6-15-25-32)33-26-16-7-17-27-33/h3-28,34H,1-2H3/t28-,34+/m0/s1. The van der Waals surface area contributed by atoms with Crippen molar-refractivity contribution in [1.29, 1.82) is 0 Å². The summed E-state index contributed by atoms with van der Waals surface area (Å²) in [6.07, 6.45) is -0.120. The van der Waals surface area contributed by atoms with Crippen molar-refractivity contribution < 1.29 is 4.52 Å². The van der Waals surface area contributed by atoms with E-state index in [9.17, 15) is 0 Å². The van der Waals surface area contributed by atoms with E-state index in [0.29, 0.717) is 0 Å². The first-order valence-corrected chi connectivity index (χ1v) is 15.5. The lowest BCUT2D eigenvalue weighted by atomic mass is 10.0. The molecule has 0 aliphatic carbocycles. The summed E-state index contributed by atoms with van der Waals surface area (Å²) in [6.45, 7) is 2.31. The summed E-state index contributed by atoms with van der Waals surface area (Å²) in [5, 5.41) is 5.11. The molecular formula is C34H33NOP2. The maximum Gasteiger partial charge on any atom is 0.103 e. The van der Waals surface area contributed by atoms with E-state index in [2.05, 4.69) is 170 Å². The molecule has 0 aromatic heterocycles. The molecular weight excluding hydrogens is 500 g/mol. The van der Waals surface area contributed by atoms with Crippen LogP contribution in [0.15, 0.2) is 152 Å². The van der Waals surface area contributed by atoms with Gasteiger partial charge in [-0.25, -0.2) is 0 Å². The zero-order valence-corrected chi connectivity index (χ0v) is 23.6. The normalized spacial score (nSPS) is 13.1. The largest absolute Gasteiger partial charge is 0.340 e. The Morgan fingerprint density at radius 2 is 0.842 bits per heavy atom. The van der Waals surface area contributed by atoms with Gasteiger partial charge >= 0.3 is 0 Å². The first-order chi connectivity index (χ1) is 18.7. The van der Waals surface area contributed by atoms with Crippen molar-refractivity contribution in [3.8, 4) is 0 Å². The van der Waals surface area contributed by atoms with E-state index < -0.39 is 16.2 Å². The van der Waals surface area contributed by atoms with Gasteiger partial charge in [0.1, 0.15) is 6.10 Å². The van der Waals surface area contributed by atoms with E-state index in [0.717, 1.165) is 0 Å². The first kappa shape index (κ1) is 26.5. The summed E-state index contributed by atoms with van der Waals surface area (Å²) in [6, 6.07) is 53.9. The molecule has 0 bridgehead atoms. The molecule has 0 unspecified atom stereocenters. The molecule has 0 fully saturated rings. The van der Waals surface area contributed by atoms with Crippen molar-refractivity contribution in [3.63, 3.8) is 0 Å². The second-order valence-corrected chi connectivity index (χ2v) is 13.3. The lowest BCUT2D eigenvalue weighted by Crippen LogP contribution is -2.37. The molecule has 0 aliphatic rings. The highest BCUT2D eigenvalue weighted by Gasteiger charge is 2.32. The van der Waals surface area contributed by atoms with Crippen molar-refractivity contribution in [1.82, 2.24) is 4.67 Å². The molecule has 0 saturated heterocycles. The van der Waals surface area contributed by atoms with Gasteiger partial charge < -0.3 is 4.52 Å². The van der Waals surface area contributed by atoms with Gasteiger partial charge in [0.15, 0.2) is 0 Å². The first-order valence-electron chi connectivity index (χ1n) is 13.0. The highest BCUT2D eigenvalue weighted by atomic mass is 31.1. The van der Waals surface area contributed by atoms with E-state index in [1.807, 2.05) is 0 Å². The van der Waals surface area contributed by atoms with E-state index in [1.54, 1.807) is 0 Å². The van der Waals surface area contributed by atoms with Crippen molar-refractivity contribution in [2.45, 2.75) is 19.1 Å². The average Bonchev–Trinajstić information content (AvgIpc) is 3.00. The van der Waals surface area contributed by atoms with Gasteiger partial charge in [0.25, 0.3) is 0 Å². The molecule has 5 aromatic rings. The monoisotopic (exact) mass is 533 g/mol. The molecule has 5 rings (SSSR count). The van der Waals surface area contributed by atoms with E-state index in [-0.39, 0.29) is 12.1 Å². The molecule has 0 heterocycles. The van der Waals surface area contributed by atoms with E-state index >= 15 is 0 Å². The number of hydrogen-bond donors (Lipinski definition) is 0. The number of hydrogen-bond acceptors (Lipinski definition) is 2. The van der Waals surface area contributed by atoms with Gasteiger partial charge in [-0.2, -0.15) is 0 Å². The van der Waals surface area contributed by atoms with Crippen LogP contribution in [0.2, 0.25) is 0 Å². The van der Waals surface area contributed by atoms with Crippen LogP contribution in [-0.2, 0) is 4.52 Å². The molecule has 0 spiro atoms. The maximum absolute atomic E-state index is 7.25. The Morgan fingerprint density at radius 1 is 0.500 bits per heavy atom. The molecule has 0 saturated carbocycles. The highest BCUT2D eigenvalue weighted by Crippen LogP contribution is 2.47. The second kappa shape index (κ2) is 13.1. The number of benzene rings is 5.